The van der Waals surface area contributed by atoms with Gasteiger partial charge in [0, 0.05) is 0 Å². The molecule has 3 rings (SSSR count). The molecule has 0 bridgehead atoms. The van der Waals surface area contributed by atoms with Gasteiger partial charge in [-0.1, -0.05) is 139 Å². The molecule has 2 heteroatoms. The Morgan fingerprint density at radius 2 is 0.912 bits per heavy atom. The van der Waals surface area contributed by atoms with Gasteiger partial charge in [0.1, 0.15) is 0 Å². The van der Waals surface area contributed by atoms with E-state index in [2.05, 4.69) is 43.3 Å². The molecule has 0 spiro atoms. The Kier molecular flexibility index (Phi) is 11.4. The average Bonchev–Trinajstić information content (AvgIpc) is 2.85. The number of carboxylic acids is 1. The predicted molar refractivity (Wildman–Crippen MR) is 147 cm³/mol. The van der Waals surface area contributed by atoms with Gasteiger partial charge >= 0.3 is 5.97 Å². The Hall–Kier alpha value is -2.35. The zero-order valence-corrected chi connectivity index (χ0v) is 21.3. The summed E-state index contributed by atoms with van der Waals surface area (Å²) in [7, 11) is 0. The second kappa shape index (κ2) is 14.8. The molecular weight excluding hydrogens is 416 g/mol. The second-order valence-electron chi connectivity index (χ2n) is 9.96. The van der Waals surface area contributed by atoms with Crippen molar-refractivity contribution in [3.05, 3.63) is 59.7 Å². The van der Waals surface area contributed by atoms with Crippen molar-refractivity contribution in [2.24, 2.45) is 0 Å². The fraction of sp³-hybridized carbons (Fsp3) is 0.531. The molecule has 0 saturated carbocycles. The lowest BCUT2D eigenvalue weighted by Crippen LogP contribution is -2.03. The topological polar surface area (TPSA) is 37.3 Å². The highest BCUT2D eigenvalue weighted by atomic mass is 16.4. The number of hydrogen-bond acceptors (Lipinski definition) is 1. The molecule has 34 heavy (non-hydrogen) atoms. The fourth-order valence-corrected chi connectivity index (χ4v) is 5.42. The molecule has 0 unspecified atom stereocenters. The van der Waals surface area contributed by atoms with Crippen LogP contribution in [0.2, 0.25) is 0 Å². The summed E-state index contributed by atoms with van der Waals surface area (Å²) in [5, 5.41) is 14.2. The quantitative estimate of drug-likeness (QED) is 0.161. The third-order valence-corrected chi connectivity index (χ3v) is 7.26. The maximum absolute atomic E-state index is 11.6. The molecule has 0 aliphatic rings. The van der Waals surface area contributed by atoms with Gasteiger partial charge < -0.3 is 5.11 Å². The Bertz CT molecular complexity index is 963. The van der Waals surface area contributed by atoms with Crippen molar-refractivity contribution in [2.45, 2.75) is 110 Å². The summed E-state index contributed by atoms with van der Waals surface area (Å²) < 4.78 is 0. The minimum absolute atomic E-state index is 0.0696. The Morgan fingerprint density at radius 1 is 0.559 bits per heavy atom. The van der Waals surface area contributed by atoms with Crippen LogP contribution in [0.3, 0.4) is 0 Å². The number of aliphatic carboxylic acids is 1. The largest absolute Gasteiger partial charge is 0.481 e. The van der Waals surface area contributed by atoms with Crippen LogP contribution in [0.5, 0.6) is 0 Å². The minimum Gasteiger partial charge on any atom is -0.481 e. The Balaban J connectivity index is 1.46. The van der Waals surface area contributed by atoms with Crippen LogP contribution in [0.4, 0.5) is 0 Å². The van der Waals surface area contributed by atoms with Gasteiger partial charge in [-0.25, -0.2) is 0 Å². The first-order valence-electron chi connectivity index (χ1n) is 13.9. The normalized spacial score (nSPS) is 11.4. The van der Waals surface area contributed by atoms with Crippen LogP contribution >= 0.6 is 0 Å². The maximum atomic E-state index is 11.6. The molecule has 3 aromatic carbocycles. The first-order chi connectivity index (χ1) is 16.7. The summed E-state index contributed by atoms with van der Waals surface area (Å²) in [4.78, 5) is 11.6. The number of benzene rings is 3. The van der Waals surface area contributed by atoms with Gasteiger partial charge in [-0.3, -0.25) is 4.79 Å². The monoisotopic (exact) mass is 460 g/mol. The van der Waals surface area contributed by atoms with E-state index in [4.69, 9.17) is 0 Å². The van der Waals surface area contributed by atoms with Crippen molar-refractivity contribution in [3.63, 3.8) is 0 Å². The highest BCUT2D eigenvalue weighted by molar-refractivity contribution is 6.07. The summed E-state index contributed by atoms with van der Waals surface area (Å²) in [5.74, 6) is -0.768. The van der Waals surface area contributed by atoms with Crippen LogP contribution < -0.4 is 0 Å². The summed E-state index contributed by atoms with van der Waals surface area (Å²) >= 11 is 0. The number of unbranched alkanes of at least 4 members (excludes halogenated alkanes) is 13. The van der Waals surface area contributed by atoms with Crippen molar-refractivity contribution in [1.29, 1.82) is 0 Å². The SMILES string of the molecule is CCCCCCCCCCCCCCCCc1c2ccccc2c(CC(=O)O)c2ccccc12. The number of hydrogen-bond donors (Lipinski definition) is 1. The van der Waals surface area contributed by atoms with Gasteiger partial charge in [-0.05, 0) is 45.5 Å². The lowest BCUT2D eigenvalue weighted by Gasteiger charge is -2.16. The molecule has 1 N–H and O–H groups in total. The fourth-order valence-electron chi connectivity index (χ4n) is 5.42. The molecule has 184 valence electrons. The molecule has 0 atom stereocenters. The highest BCUT2D eigenvalue weighted by Crippen LogP contribution is 2.34. The Labute approximate surface area is 206 Å². The molecule has 3 aromatic rings. The van der Waals surface area contributed by atoms with Gasteiger partial charge in [-0.15, -0.1) is 0 Å². The summed E-state index contributed by atoms with van der Waals surface area (Å²) in [5.41, 5.74) is 2.34. The molecule has 0 aliphatic carbocycles. The molecule has 0 amide bonds. The van der Waals surface area contributed by atoms with Crippen LogP contribution in [-0.4, -0.2) is 11.1 Å². The lowest BCUT2D eigenvalue weighted by molar-refractivity contribution is -0.136. The van der Waals surface area contributed by atoms with Gasteiger partial charge in [0.05, 0.1) is 6.42 Å². The lowest BCUT2D eigenvalue weighted by atomic mass is 9.88. The standard InChI is InChI=1S/C32H44O2/c1-2-3-4-5-6-7-8-9-10-11-12-13-14-15-20-26-27-21-16-18-23-29(27)31(25-32(33)34)30-24-19-17-22-28(26)30/h16-19,21-24H,2-15,20,25H2,1H3,(H,33,34). The third kappa shape index (κ3) is 7.86. The zero-order chi connectivity index (χ0) is 24.0. The maximum Gasteiger partial charge on any atom is 0.307 e. The molecular formula is C32H44O2. The van der Waals surface area contributed by atoms with E-state index >= 15 is 0 Å². The van der Waals surface area contributed by atoms with E-state index < -0.39 is 5.97 Å². The third-order valence-electron chi connectivity index (χ3n) is 7.26. The van der Waals surface area contributed by atoms with E-state index in [0.717, 1.165) is 22.8 Å². The van der Waals surface area contributed by atoms with Gasteiger partial charge in [0.2, 0.25) is 0 Å². The van der Waals surface area contributed by atoms with Crippen molar-refractivity contribution in [1.82, 2.24) is 0 Å². The van der Waals surface area contributed by atoms with E-state index in [0.29, 0.717) is 0 Å². The first-order valence-corrected chi connectivity index (χ1v) is 13.9. The number of rotatable bonds is 17. The van der Waals surface area contributed by atoms with Crippen LogP contribution in [0, 0.1) is 0 Å². The number of aryl methyl sites for hydroxylation is 1. The number of fused-ring (bicyclic) bond motifs is 2. The first kappa shape index (κ1) is 26.3. The van der Waals surface area contributed by atoms with E-state index in [-0.39, 0.29) is 6.42 Å². The number of carbonyl (C=O) groups is 1. The van der Waals surface area contributed by atoms with Crippen molar-refractivity contribution in [3.8, 4) is 0 Å². The molecule has 0 heterocycles. The summed E-state index contributed by atoms with van der Waals surface area (Å²) in [6.45, 7) is 2.28. The highest BCUT2D eigenvalue weighted by Gasteiger charge is 2.15. The van der Waals surface area contributed by atoms with Crippen LogP contribution in [-0.2, 0) is 17.6 Å². The summed E-state index contributed by atoms with van der Waals surface area (Å²) in [6.07, 6.45) is 20.4. The van der Waals surface area contributed by atoms with Gasteiger partial charge in [0.25, 0.3) is 0 Å². The zero-order valence-electron chi connectivity index (χ0n) is 21.3. The van der Waals surface area contributed by atoms with E-state index in [1.54, 1.807) is 0 Å². The van der Waals surface area contributed by atoms with E-state index in [1.807, 2.05) is 12.1 Å². The Morgan fingerprint density at radius 3 is 1.29 bits per heavy atom. The minimum atomic E-state index is -0.768. The van der Waals surface area contributed by atoms with Gasteiger partial charge in [-0.2, -0.15) is 0 Å². The van der Waals surface area contributed by atoms with Crippen LogP contribution in [0.1, 0.15) is 108 Å². The van der Waals surface area contributed by atoms with Crippen molar-refractivity contribution >= 4 is 27.5 Å². The van der Waals surface area contributed by atoms with Crippen molar-refractivity contribution in [2.75, 3.05) is 0 Å². The van der Waals surface area contributed by atoms with Crippen LogP contribution in [0.25, 0.3) is 21.5 Å². The average molecular weight is 461 g/mol. The second-order valence-corrected chi connectivity index (χ2v) is 9.96. The molecule has 0 aliphatic heterocycles. The van der Waals surface area contributed by atoms with Gasteiger partial charge in [0.15, 0.2) is 0 Å². The van der Waals surface area contributed by atoms with E-state index in [9.17, 15) is 9.90 Å². The molecule has 2 nitrogen and oxygen atoms in total. The summed E-state index contributed by atoms with van der Waals surface area (Å²) in [6, 6.07) is 16.7. The molecule has 0 fully saturated rings. The number of carboxylic acid groups (broad SMARTS) is 1. The van der Waals surface area contributed by atoms with E-state index in [1.165, 1.54) is 106 Å². The molecule has 0 saturated heterocycles. The van der Waals surface area contributed by atoms with Crippen molar-refractivity contribution < 1.29 is 9.90 Å². The molecule has 0 aromatic heterocycles. The van der Waals surface area contributed by atoms with Crippen LogP contribution in [0.15, 0.2) is 48.5 Å². The smallest absolute Gasteiger partial charge is 0.307 e. The predicted octanol–water partition coefficient (Wildman–Crippen LogP) is 9.64. The molecule has 0 radical (unpaired) electrons.